The van der Waals surface area contributed by atoms with Crippen molar-refractivity contribution >= 4 is 11.9 Å². The number of ether oxygens (including phenoxy) is 1. The molecule has 0 saturated carbocycles. The van der Waals surface area contributed by atoms with Crippen molar-refractivity contribution < 1.29 is 24.5 Å². The van der Waals surface area contributed by atoms with Crippen LogP contribution in [-0.2, 0) is 14.3 Å². The van der Waals surface area contributed by atoms with Crippen molar-refractivity contribution in [3.05, 3.63) is 36.5 Å². The molecule has 0 fully saturated rings. The van der Waals surface area contributed by atoms with Gasteiger partial charge >= 0.3 is 5.97 Å². The summed E-state index contributed by atoms with van der Waals surface area (Å²) in [6, 6.07) is -0.673. The van der Waals surface area contributed by atoms with Gasteiger partial charge in [-0.3, -0.25) is 9.59 Å². The van der Waals surface area contributed by atoms with E-state index in [1.807, 2.05) is 12.2 Å². The largest absolute Gasteiger partial charge is 0.466 e. The lowest BCUT2D eigenvalue weighted by molar-refractivity contribution is -0.143. The van der Waals surface area contributed by atoms with Gasteiger partial charge in [0, 0.05) is 12.8 Å². The molecule has 0 aromatic carbocycles. The van der Waals surface area contributed by atoms with Crippen molar-refractivity contribution in [2.24, 2.45) is 0 Å². The number of hydrogen-bond acceptors (Lipinski definition) is 5. The minimum Gasteiger partial charge on any atom is -0.466 e. The SMILES string of the molecule is CCCCCCCCCCCCCCCCCCCCCCCC/C=C/C(O)C(CO)NC(=O)CC/C=C\C/C=C\CCCCCCCCOC(=O)CCCCCCCCCCCCC. The van der Waals surface area contributed by atoms with Crippen molar-refractivity contribution in [3.8, 4) is 0 Å². The number of rotatable bonds is 53. The van der Waals surface area contributed by atoms with Crippen LogP contribution < -0.4 is 5.32 Å². The highest BCUT2D eigenvalue weighted by molar-refractivity contribution is 5.76. The number of carbonyl (C=O) groups is 2. The summed E-state index contributed by atoms with van der Waals surface area (Å²) < 4.78 is 5.44. The molecule has 0 spiro atoms. The van der Waals surface area contributed by atoms with E-state index < -0.39 is 12.1 Å². The lowest BCUT2D eigenvalue weighted by Crippen LogP contribution is -2.45. The predicted molar refractivity (Wildman–Crippen MR) is 283 cm³/mol. The molecule has 382 valence electrons. The molecule has 0 heterocycles. The molecule has 0 aliphatic rings. The molecule has 1 amide bonds. The lowest BCUT2D eigenvalue weighted by atomic mass is 10.0. The van der Waals surface area contributed by atoms with Gasteiger partial charge in [-0.15, -0.1) is 0 Å². The second-order valence-electron chi connectivity index (χ2n) is 19.6. The number of allylic oxidation sites excluding steroid dienone is 5. The van der Waals surface area contributed by atoms with Gasteiger partial charge in [0.1, 0.15) is 0 Å². The van der Waals surface area contributed by atoms with E-state index in [1.165, 1.54) is 218 Å². The summed E-state index contributed by atoms with van der Waals surface area (Å²) in [5.41, 5.74) is 0. The Morgan fingerprint density at radius 2 is 0.785 bits per heavy atom. The Kier molecular flexibility index (Phi) is 53.1. The molecule has 0 aromatic rings. The second kappa shape index (κ2) is 54.7. The summed E-state index contributed by atoms with van der Waals surface area (Å²) in [7, 11) is 0. The highest BCUT2D eigenvalue weighted by atomic mass is 16.5. The smallest absolute Gasteiger partial charge is 0.305 e. The fraction of sp³-hybridized carbons (Fsp3) is 0.864. The monoisotopic (exact) mass is 914 g/mol. The van der Waals surface area contributed by atoms with Crippen molar-refractivity contribution in [1.82, 2.24) is 5.32 Å². The summed E-state index contributed by atoms with van der Waals surface area (Å²) in [5.74, 6) is -0.165. The summed E-state index contributed by atoms with van der Waals surface area (Å²) in [6.45, 7) is 4.85. The number of amides is 1. The normalized spacial score (nSPS) is 12.9. The minimum atomic E-state index is -0.880. The summed E-state index contributed by atoms with van der Waals surface area (Å²) in [4.78, 5) is 24.4. The van der Waals surface area contributed by atoms with E-state index in [2.05, 4.69) is 37.4 Å². The first-order valence-electron chi connectivity index (χ1n) is 28.8. The van der Waals surface area contributed by atoms with Crippen LogP contribution in [0.5, 0.6) is 0 Å². The fourth-order valence-corrected chi connectivity index (χ4v) is 8.74. The van der Waals surface area contributed by atoms with Gasteiger partial charge in [0.05, 0.1) is 25.4 Å². The van der Waals surface area contributed by atoms with E-state index in [0.717, 1.165) is 51.4 Å². The minimum absolute atomic E-state index is 0.0186. The van der Waals surface area contributed by atoms with Crippen LogP contribution in [0.3, 0.4) is 0 Å². The molecule has 0 radical (unpaired) electrons. The molecular weight excluding hydrogens is 803 g/mol. The van der Waals surface area contributed by atoms with Gasteiger partial charge in [-0.1, -0.05) is 275 Å². The molecule has 0 saturated heterocycles. The number of aliphatic hydroxyl groups is 2. The van der Waals surface area contributed by atoms with Crippen LogP contribution in [0.15, 0.2) is 36.5 Å². The quantitative estimate of drug-likeness (QED) is 0.0321. The number of carbonyl (C=O) groups excluding carboxylic acids is 2. The topological polar surface area (TPSA) is 95.9 Å². The maximum Gasteiger partial charge on any atom is 0.305 e. The Balaban J connectivity index is 3.57. The summed E-state index contributed by atoms with van der Waals surface area (Å²) >= 11 is 0. The number of unbranched alkanes of at least 4 members (excludes halogenated alkanes) is 38. The van der Waals surface area contributed by atoms with E-state index in [4.69, 9.17) is 4.74 Å². The van der Waals surface area contributed by atoms with Crippen LogP contribution in [0.2, 0.25) is 0 Å². The average Bonchev–Trinajstić information content (AvgIpc) is 3.31. The number of aliphatic hydroxyl groups excluding tert-OH is 2. The number of esters is 1. The van der Waals surface area contributed by atoms with Crippen LogP contribution in [0.25, 0.3) is 0 Å². The van der Waals surface area contributed by atoms with Gasteiger partial charge in [0.2, 0.25) is 5.91 Å². The molecule has 2 atom stereocenters. The van der Waals surface area contributed by atoms with Gasteiger partial charge in [-0.05, 0) is 51.4 Å². The van der Waals surface area contributed by atoms with Crippen molar-refractivity contribution in [2.45, 2.75) is 315 Å². The maximum absolute atomic E-state index is 12.4. The molecule has 0 aliphatic heterocycles. The third-order valence-electron chi connectivity index (χ3n) is 13.2. The molecular formula is C59H111NO5. The molecule has 65 heavy (non-hydrogen) atoms. The molecule has 2 unspecified atom stereocenters. The van der Waals surface area contributed by atoms with E-state index in [-0.39, 0.29) is 18.5 Å². The zero-order chi connectivity index (χ0) is 47.2. The first-order valence-corrected chi connectivity index (χ1v) is 28.8. The van der Waals surface area contributed by atoms with Crippen molar-refractivity contribution in [3.63, 3.8) is 0 Å². The molecule has 3 N–H and O–H groups in total. The number of nitrogens with one attached hydrogen (secondary N) is 1. The standard InChI is InChI=1S/C59H111NO5/c1-3-5-7-9-11-13-15-16-17-18-19-20-21-22-23-24-25-26-28-32-35-39-43-47-51-57(62)56(55-61)60-58(63)52-48-44-40-36-33-29-27-30-34-38-42-46-50-54-65-59(64)53-49-45-41-37-31-14-12-10-8-6-4-2/h29,33,40,44,47,51,56-57,61-62H,3-28,30-32,34-39,41-43,45-46,48-50,52-55H2,1-2H3,(H,60,63)/b33-29-,44-40-,51-47+. The molecule has 6 nitrogen and oxygen atoms in total. The van der Waals surface area contributed by atoms with Crippen LogP contribution >= 0.6 is 0 Å². The van der Waals surface area contributed by atoms with Crippen molar-refractivity contribution in [2.75, 3.05) is 13.2 Å². The van der Waals surface area contributed by atoms with E-state index in [9.17, 15) is 19.8 Å². The Morgan fingerprint density at radius 3 is 1.20 bits per heavy atom. The Labute approximate surface area is 404 Å². The zero-order valence-corrected chi connectivity index (χ0v) is 43.5. The van der Waals surface area contributed by atoms with E-state index >= 15 is 0 Å². The number of hydrogen-bond donors (Lipinski definition) is 3. The third-order valence-corrected chi connectivity index (χ3v) is 13.2. The van der Waals surface area contributed by atoms with Crippen LogP contribution in [-0.4, -0.2) is 47.4 Å². The Hall–Kier alpha value is -1.92. The Morgan fingerprint density at radius 1 is 0.431 bits per heavy atom. The van der Waals surface area contributed by atoms with Crippen LogP contribution in [0.1, 0.15) is 303 Å². The third kappa shape index (κ3) is 51.3. The summed E-state index contributed by atoms with van der Waals surface area (Å²) in [5, 5.41) is 23.1. The average molecular weight is 915 g/mol. The molecule has 0 aliphatic carbocycles. The van der Waals surface area contributed by atoms with Gasteiger partial charge in [-0.2, -0.15) is 0 Å². The second-order valence-corrected chi connectivity index (χ2v) is 19.6. The summed E-state index contributed by atoms with van der Waals surface area (Å²) in [6.07, 6.45) is 67.5. The molecule has 0 bridgehead atoms. The highest BCUT2D eigenvalue weighted by Crippen LogP contribution is 2.17. The van der Waals surface area contributed by atoms with Gasteiger partial charge in [-0.25, -0.2) is 0 Å². The van der Waals surface area contributed by atoms with Crippen molar-refractivity contribution in [1.29, 1.82) is 0 Å². The highest BCUT2D eigenvalue weighted by Gasteiger charge is 2.17. The van der Waals surface area contributed by atoms with Crippen LogP contribution in [0.4, 0.5) is 0 Å². The first-order chi connectivity index (χ1) is 32.0. The zero-order valence-electron chi connectivity index (χ0n) is 43.5. The van der Waals surface area contributed by atoms with Gasteiger partial charge < -0.3 is 20.3 Å². The molecule has 0 rings (SSSR count). The fourth-order valence-electron chi connectivity index (χ4n) is 8.74. The van der Waals surface area contributed by atoms with E-state index in [1.54, 1.807) is 6.08 Å². The van der Waals surface area contributed by atoms with Gasteiger partial charge in [0.25, 0.3) is 0 Å². The Bertz CT molecular complexity index is 1060. The maximum atomic E-state index is 12.4. The van der Waals surface area contributed by atoms with E-state index in [0.29, 0.717) is 25.9 Å². The van der Waals surface area contributed by atoms with Gasteiger partial charge in [0.15, 0.2) is 0 Å². The molecule has 0 aromatic heterocycles. The first kappa shape index (κ1) is 63.1. The molecule has 6 heteroatoms. The van der Waals surface area contributed by atoms with Crippen LogP contribution in [0, 0.1) is 0 Å². The predicted octanol–water partition coefficient (Wildman–Crippen LogP) is 17.6. The lowest BCUT2D eigenvalue weighted by Gasteiger charge is -2.19.